The summed E-state index contributed by atoms with van der Waals surface area (Å²) in [6, 6.07) is 29.1. The van der Waals surface area contributed by atoms with Gasteiger partial charge in [-0.15, -0.1) is 23.1 Å². The lowest BCUT2D eigenvalue weighted by atomic mass is 10.1. The summed E-state index contributed by atoms with van der Waals surface area (Å²) in [7, 11) is 0. The highest BCUT2D eigenvalue weighted by Gasteiger charge is 2.23. The van der Waals surface area contributed by atoms with Crippen LogP contribution < -0.4 is 16.0 Å². The van der Waals surface area contributed by atoms with Crippen LogP contribution in [0.5, 0.6) is 0 Å². The molecule has 0 aliphatic rings. The van der Waals surface area contributed by atoms with Crippen molar-refractivity contribution < 1.29 is 18.8 Å². The number of halogens is 2. The van der Waals surface area contributed by atoms with Gasteiger partial charge in [0.05, 0.1) is 5.56 Å². The van der Waals surface area contributed by atoms with Crippen molar-refractivity contribution in [2.24, 2.45) is 0 Å². The van der Waals surface area contributed by atoms with Crippen LogP contribution in [-0.2, 0) is 9.59 Å². The van der Waals surface area contributed by atoms with Crippen molar-refractivity contribution in [3.05, 3.63) is 147 Å². The first kappa shape index (κ1) is 30.9. The third kappa shape index (κ3) is 8.28. The Balaban J connectivity index is 1.33. The molecule has 1 aromatic heterocycles. The van der Waals surface area contributed by atoms with Gasteiger partial charge in [0.1, 0.15) is 16.8 Å². The minimum Gasteiger partial charge on any atom is -0.321 e. The fraction of sp³-hybridized carbons (Fsp3) is 0.0303. The largest absolute Gasteiger partial charge is 0.321 e. The van der Waals surface area contributed by atoms with Crippen molar-refractivity contribution in [3.8, 4) is 0 Å². The smallest absolute Gasteiger partial charge is 0.272 e. The van der Waals surface area contributed by atoms with Crippen LogP contribution in [0.3, 0.4) is 0 Å². The lowest BCUT2D eigenvalue weighted by molar-refractivity contribution is -0.116. The van der Waals surface area contributed by atoms with Gasteiger partial charge in [-0.05, 0) is 65.7 Å². The zero-order chi connectivity index (χ0) is 30.9. The average Bonchev–Trinajstić information content (AvgIpc) is 3.55. The van der Waals surface area contributed by atoms with Crippen molar-refractivity contribution >= 4 is 73.6 Å². The first-order valence-corrected chi connectivity index (χ1v) is 15.8. The van der Waals surface area contributed by atoms with Gasteiger partial charge in [-0.3, -0.25) is 14.4 Å². The lowest BCUT2D eigenvalue weighted by Crippen LogP contribution is -2.31. The van der Waals surface area contributed by atoms with Crippen LogP contribution in [-0.4, -0.2) is 22.7 Å². The fourth-order valence-electron chi connectivity index (χ4n) is 4.03. The number of nitrogens with zero attached hydrogens (tertiary/aromatic N) is 1. The van der Waals surface area contributed by atoms with E-state index in [1.54, 1.807) is 66.2 Å². The molecule has 5 aromatic rings. The number of anilines is 2. The van der Waals surface area contributed by atoms with Gasteiger partial charge in [-0.1, -0.05) is 70.5 Å². The second-order valence-electron chi connectivity index (χ2n) is 9.26. The molecule has 11 heteroatoms. The Hall–Kier alpha value is -4.58. The number of amides is 3. The summed E-state index contributed by atoms with van der Waals surface area (Å²) in [6.45, 7) is 0. The molecular formula is C33H24BrFN4O3S2. The summed E-state index contributed by atoms with van der Waals surface area (Å²) in [5.41, 5.74) is 1.70. The number of carbonyl (C=O) groups excluding carboxylic acids is 3. The summed E-state index contributed by atoms with van der Waals surface area (Å²) < 4.78 is 15.1. The highest BCUT2D eigenvalue weighted by Crippen LogP contribution is 2.37. The SMILES string of the molecule is O=C(Nc1ccc(SC(C(=O)Nc2nccs2)c2ccccc2)cc1)C(=Cc1ccc(Br)cc1)NC(=O)c1ccccc1F. The van der Waals surface area contributed by atoms with Crippen LogP contribution in [0.1, 0.15) is 26.7 Å². The minimum atomic E-state index is -0.753. The van der Waals surface area contributed by atoms with Crippen LogP contribution in [0.4, 0.5) is 15.2 Å². The van der Waals surface area contributed by atoms with Crippen LogP contribution in [0.2, 0.25) is 0 Å². The van der Waals surface area contributed by atoms with E-state index in [9.17, 15) is 18.8 Å². The predicted molar refractivity (Wildman–Crippen MR) is 177 cm³/mol. The van der Waals surface area contributed by atoms with E-state index in [0.29, 0.717) is 16.4 Å². The van der Waals surface area contributed by atoms with E-state index in [2.05, 4.69) is 36.9 Å². The normalized spacial score (nSPS) is 11.8. The number of thiazole rings is 1. The fourth-order valence-corrected chi connectivity index (χ4v) is 5.85. The summed E-state index contributed by atoms with van der Waals surface area (Å²) >= 11 is 6.08. The first-order valence-electron chi connectivity index (χ1n) is 13.2. The maximum Gasteiger partial charge on any atom is 0.272 e. The molecule has 1 atom stereocenters. The van der Waals surface area contributed by atoms with E-state index in [4.69, 9.17) is 0 Å². The van der Waals surface area contributed by atoms with Gasteiger partial charge in [0.25, 0.3) is 11.8 Å². The summed E-state index contributed by atoms with van der Waals surface area (Å²) in [5.74, 6) is -2.25. The van der Waals surface area contributed by atoms with E-state index < -0.39 is 22.9 Å². The molecule has 44 heavy (non-hydrogen) atoms. The number of benzene rings is 4. The van der Waals surface area contributed by atoms with Crippen LogP contribution in [0, 0.1) is 5.82 Å². The van der Waals surface area contributed by atoms with Gasteiger partial charge in [0.15, 0.2) is 5.13 Å². The van der Waals surface area contributed by atoms with Gasteiger partial charge in [0.2, 0.25) is 5.91 Å². The van der Waals surface area contributed by atoms with Gasteiger partial charge in [-0.2, -0.15) is 0 Å². The van der Waals surface area contributed by atoms with E-state index >= 15 is 0 Å². The molecule has 1 unspecified atom stereocenters. The van der Waals surface area contributed by atoms with Crippen molar-refractivity contribution in [1.82, 2.24) is 10.3 Å². The van der Waals surface area contributed by atoms with Crippen molar-refractivity contribution in [3.63, 3.8) is 0 Å². The van der Waals surface area contributed by atoms with Gasteiger partial charge >= 0.3 is 0 Å². The van der Waals surface area contributed by atoms with Crippen LogP contribution in [0.15, 0.2) is 130 Å². The Morgan fingerprint density at radius 2 is 1.57 bits per heavy atom. The highest BCUT2D eigenvalue weighted by molar-refractivity contribution is 9.10. The number of rotatable bonds is 10. The highest BCUT2D eigenvalue weighted by atomic mass is 79.9. The van der Waals surface area contributed by atoms with E-state index in [1.165, 1.54) is 47.4 Å². The van der Waals surface area contributed by atoms with E-state index in [-0.39, 0.29) is 17.2 Å². The van der Waals surface area contributed by atoms with Crippen LogP contribution in [0.25, 0.3) is 6.08 Å². The van der Waals surface area contributed by atoms with Crippen molar-refractivity contribution in [2.45, 2.75) is 10.1 Å². The van der Waals surface area contributed by atoms with Gasteiger partial charge < -0.3 is 16.0 Å². The zero-order valence-corrected chi connectivity index (χ0v) is 26.1. The maximum atomic E-state index is 14.3. The molecule has 5 rings (SSSR count). The van der Waals surface area contributed by atoms with Crippen LogP contribution >= 0.6 is 39.0 Å². The number of hydrogen-bond acceptors (Lipinski definition) is 6. The molecule has 220 valence electrons. The van der Waals surface area contributed by atoms with Crippen molar-refractivity contribution in [2.75, 3.05) is 10.6 Å². The average molecular weight is 688 g/mol. The molecule has 0 aliphatic heterocycles. The quantitative estimate of drug-likeness (QED) is 0.102. The number of thioether (sulfide) groups is 1. The third-order valence-corrected chi connectivity index (χ3v) is 8.64. The Morgan fingerprint density at radius 3 is 2.25 bits per heavy atom. The van der Waals surface area contributed by atoms with E-state index in [1.807, 2.05) is 30.3 Å². The number of hydrogen-bond donors (Lipinski definition) is 3. The molecule has 0 aliphatic carbocycles. The van der Waals surface area contributed by atoms with Gasteiger partial charge in [0, 0.05) is 26.6 Å². The molecule has 0 spiro atoms. The lowest BCUT2D eigenvalue weighted by Gasteiger charge is -2.16. The van der Waals surface area contributed by atoms with Crippen molar-refractivity contribution in [1.29, 1.82) is 0 Å². The number of nitrogens with one attached hydrogen (secondary N) is 3. The Morgan fingerprint density at radius 1 is 0.864 bits per heavy atom. The minimum absolute atomic E-state index is 0.0676. The Bertz CT molecular complexity index is 1780. The molecule has 7 nitrogen and oxygen atoms in total. The number of aromatic nitrogens is 1. The molecule has 0 saturated carbocycles. The molecule has 0 fully saturated rings. The third-order valence-electron chi connectivity index (χ3n) is 6.16. The molecular weight excluding hydrogens is 663 g/mol. The standard InChI is InChI=1S/C33H24BrFN4O3S2/c34-23-12-10-21(11-13-23)20-28(38-30(40)26-8-4-5-9-27(26)35)31(41)37-24-14-16-25(17-15-24)44-29(22-6-2-1-3-7-22)32(42)39-33-36-18-19-43-33/h1-20,29H,(H,37,41)(H,38,40)(H,36,39,42). The predicted octanol–water partition coefficient (Wildman–Crippen LogP) is 7.93. The summed E-state index contributed by atoms with van der Waals surface area (Å²) in [6.07, 6.45) is 3.14. The molecule has 3 amide bonds. The number of carbonyl (C=O) groups is 3. The molecule has 0 bridgehead atoms. The first-order chi connectivity index (χ1) is 21.4. The second-order valence-corrected chi connectivity index (χ2v) is 12.2. The summed E-state index contributed by atoms with van der Waals surface area (Å²) in [5, 5.41) is 9.97. The zero-order valence-electron chi connectivity index (χ0n) is 22.9. The summed E-state index contributed by atoms with van der Waals surface area (Å²) in [4.78, 5) is 44.4. The molecule has 3 N–H and O–H groups in total. The molecule has 4 aromatic carbocycles. The monoisotopic (exact) mass is 686 g/mol. The topological polar surface area (TPSA) is 100 Å². The van der Waals surface area contributed by atoms with Gasteiger partial charge in [-0.25, -0.2) is 9.37 Å². The van der Waals surface area contributed by atoms with E-state index in [0.717, 1.165) is 14.9 Å². The Kier molecular flexibility index (Phi) is 10.3. The second kappa shape index (κ2) is 14.7. The molecule has 1 heterocycles. The Labute approximate surface area is 269 Å². The maximum absolute atomic E-state index is 14.3. The molecule has 0 saturated heterocycles. The molecule has 0 radical (unpaired) electrons.